The second-order valence-electron chi connectivity index (χ2n) is 6.93. The number of furan rings is 1. The number of carbonyl (C=O) groups is 1. The molecule has 0 spiro atoms. The number of benzene rings is 1. The molecule has 0 aliphatic carbocycles. The summed E-state index contributed by atoms with van der Waals surface area (Å²) in [5, 5.41) is 0. The quantitative estimate of drug-likeness (QED) is 0.822. The minimum absolute atomic E-state index is 0.000992. The first-order valence-corrected chi connectivity index (χ1v) is 9.06. The van der Waals surface area contributed by atoms with Crippen molar-refractivity contribution in [1.29, 1.82) is 0 Å². The van der Waals surface area contributed by atoms with Gasteiger partial charge in [-0.3, -0.25) is 9.69 Å². The number of carbonyl (C=O) groups excluding carboxylic acids is 1. The number of morpholine rings is 1. The molecular formula is C20H24N2O4. The molecule has 0 bridgehead atoms. The fraction of sp³-hybridized carbons (Fsp3) is 0.450. The van der Waals surface area contributed by atoms with Crippen LogP contribution in [0.3, 0.4) is 0 Å². The molecule has 6 heteroatoms. The van der Waals surface area contributed by atoms with E-state index in [0.29, 0.717) is 18.7 Å². The topological polar surface area (TPSA) is 55.2 Å². The van der Waals surface area contributed by atoms with Crippen molar-refractivity contribution in [1.82, 2.24) is 9.80 Å². The van der Waals surface area contributed by atoms with E-state index in [4.69, 9.17) is 13.9 Å². The lowest BCUT2D eigenvalue weighted by molar-refractivity contribution is 0.0313. The van der Waals surface area contributed by atoms with Crippen molar-refractivity contribution in [3.8, 4) is 5.75 Å². The third-order valence-corrected chi connectivity index (χ3v) is 4.92. The molecule has 1 atom stereocenters. The molecule has 2 aliphatic heterocycles. The van der Waals surface area contributed by atoms with Crippen LogP contribution in [0.2, 0.25) is 0 Å². The van der Waals surface area contributed by atoms with Gasteiger partial charge >= 0.3 is 0 Å². The van der Waals surface area contributed by atoms with Crippen LogP contribution in [0, 0.1) is 0 Å². The van der Waals surface area contributed by atoms with Gasteiger partial charge in [0, 0.05) is 26.6 Å². The van der Waals surface area contributed by atoms with E-state index in [9.17, 15) is 4.79 Å². The maximum atomic E-state index is 12.7. The average molecular weight is 356 g/mol. The Morgan fingerprint density at radius 3 is 2.88 bits per heavy atom. The van der Waals surface area contributed by atoms with Crippen LogP contribution in [-0.4, -0.2) is 61.7 Å². The number of para-hydroxylation sites is 1. The Kier molecular flexibility index (Phi) is 4.95. The van der Waals surface area contributed by atoms with E-state index >= 15 is 0 Å². The largest absolute Gasteiger partial charge is 0.488 e. The molecule has 2 aliphatic rings. The maximum absolute atomic E-state index is 12.7. The SMILES string of the molecule is CN(C[C@@H]1Cc2ccccc2O1)C(=O)c1coc(CN2CCOCC2)c1. The zero-order chi connectivity index (χ0) is 17.9. The normalized spacial score (nSPS) is 19.8. The zero-order valence-electron chi connectivity index (χ0n) is 15.0. The predicted octanol–water partition coefficient (Wildman–Crippen LogP) is 2.19. The summed E-state index contributed by atoms with van der Waals surface area (Å²) in [6, 6.07) is 9.88. The number of rotatable bonds is 5. The molecule has 4 rings (SSSR count). The average Bonchev–Trinajstić information content (AvgIpc) is 3.28. The van der Waals surface area contributed by atoms with Crippen molar-refractivity contribution in [3.05, 3.63) is 53.5 Å². The van der Waals surface area contributed by atoms with E-state index in [0.717, 1.165) is 44.2 Å². The molecule has 6 nitrogen and oxygen atoms in total. The first-order valence-electron chi connectivity index (χ1n) is 9.06. The highest BCUT2D eigenvalue weighted by Gasteiger charge is 2.26. The van der Waals surface area contributed by atoms with Crippen LogP contribution in [-0.2, 0) is 17.7 Å². The highest BCUT2D eigenvalue weighted by molar-refractivity contribution is 5.93. The predicted molar refractivity (Wildman–Crippen MR) is 96.3 cm³/mol. The van der Waals surface area contributed by atoms with Gasteiger partial charge in [0.05, 0.1) is 31.9 Å². The van der Waals surface area contributed by atoms with Crippen molar-refractivity contribution >= 4 is 5.91 Å². The molecule has 138 valence electrons. The van der Waals surface area contributed by atoms with Crippen LogP contribution in [0.5, 0.6) is 5.75 Å². The Labute approximate surface area is 153 Å². The van der Waals surface area contributed by atoms with Crippen LogP contribution in [0.1, 0.15) is 21.7 Å². The maximum Gasteiger partial charge on any atom is 0.256 e. The van der Waals surface area contributed by atoms with E-state index in [-0.39, 0.29) is 12.0 Å². The number of ether oxygens (including phenoxy) is 2. The third-order valence-electron chi connectivity index (χ3n) is 4.92. The van der Waals surface area contributed by atoms with Gasteiger partial charge in [-0.15, -0.1) is 0 Å². The smallest absolute Gasteiger partial charge is 0.256 e. The molecule has 0 unspecified atom stereocenters. The van der Waals surface area contributed by atoms with E-state index in [2.05, 4.69) is 11.0 Å². The molecule has 3 heterocycles. The Hall–Kier alpha value is -2.31. The second-order valence-corrected chi connectivity index (χ2v) is 6.93. The molecule has 26 heavy (non-hydrogen) atoms. The molecule has 0 radical (unpaired) electrons. The van der Waals surface area contributed by atoms with Crippen molar-refractivity contribution in [2.75, 3.05) is 39.9 Å². The van der Waals surface area contributed by atoms with Crippen molar-refractivity contribution < 1.29 is 18.7 Å². The number of fused-ring (bicyclic) bond motifs is 1. The van der Waals surface area contributed by atoms with Crippen LogP contribution >= 0.6 is 0 Å². The van der Waals surface area contributed by atoms with Crippen LogP contribution < -0.4 is 4.74 Å². The lowest BCUT2D eigenvalue weighted by Crippen LogP contribution is -2.36. The third kappa shape index (κ3) is 3.76. The van der Waals surface area contributed by atoms with E-state index < -0.39 is 0 Å². The van der Waals surface area contributed by atoms with Gasteiger partial charge in [0.2, 0.25) is 0 Å². The minimum atomic E-state index is -0.0402. The van der Waals surface area contributed by atoms with Gasteiger partial charge in [0.25, 0.3) is 5.91 Å². The highest BCUT2D eigenvalue weighted by atomic mass is 16.5. The first kappa shape index (κ1) is 17.1. The van der Waals surface area contributed by atoms with Crippen LogP contribution in [0.4, 0.5) is 0 Å². The van der Waals surface area contributed by atoms with Gasteiger partial charge < -0.3 is 18.8 Å². The van der Waals surface area contributed by atoms with Crippen molar-refractivity contribution in [2.24, 2.45) is 0 Å². The number of amides is 1. The minimum Gasteiger partial charge on any atom is -0.488 e. The Morgan fingerprint density at radius 1 is 1.27 bits per heavy atom. The van der Waals surface area contributed by atoms with E-state index in [1.807, 2.05) is 31.3 Å². The summed E-state index contributed by atoms with van der Waals surface area (Å²) in [5.41, 5.74) is 1.79. The number of hydrogen-bond donors (Lipinski definition) is 0. The number of hydrogen-bond acceptors (Lipinski definition) is 5. The highest BCUT2D eigenvalue weighted by Crippen LogP contribution is 2.28. The molecular weight excluding hydrogens is 332 g/mol. The fourth-order valence-corrected chi connectivity index (χ4v) is 3.52. The van der Waals surface area contributed by atoms with Crippen LogP contribution in [0.15, 0.2) is 41.0 Å². The molecule has 2 aromatic rings. The van der Waals surface area contributed by atoms with Gasteiger partial charge in [-0.1, -0.05) is 18.2 Å². The monoisotopic (exact) mass is 356 g/mol. The van der Waals surface area contributed by atoms with E-state index in [1.165, 1.54) is 5.56 Å². The van der Waals surface area contributed by atoms with Gasteiger partial charge in [-0.05, 0) is 17.7 Å². The molecule has 0 saturated carbocycles. The lowest BCUT2D eigenvalue weighted by atomic mass is 10.1. The van der Waals surface area contributed by atoms with Gasteiger partial charge in [-0.25, -0.2) is 0 Å². The summed E-state index contributed by atoms with van der Waals surface area (Å²) < 4.78 is 16.9. The fourth-order valence-electron chi connectivity index (χ4n) is 3.52. The molecule has 1 aromatic heterocycles. The van der Waals surface area contributed by atoms with Gasteiger partial charge in [0.1, 0.15) is 23.9 Å². The van der Waals surface area contributed by atoms with Crippen LogP contribution in [0.25, 0.3) is 0 Å². The van der Waals surface area contributed by atoms with Gasteiger partial charge in [-0.2, -0.15) is 0 Å². The second kappa shape index (κ2) is 7.51. The lowest BCUT2D eigenvalue weighted by Gasteiger charge is -2.25. The molecule has 1 amide bonds. The summed E-state index contributed by atoms with van der Waals surface area (Å²) in [5.74, 6) is 1.70. The summed E-state index contributed by atoms with van der Waals surface area (Å²) in [7, 11) is 1.81. The molecule has 1 aromatic carbocycles. The summed E-state index contributed by atoms with van der Waals surface area (Å²) in [6.07, 6.45) is 2.39. The number of likely N-dealkylation sites (N-methyl/N-ethyl adjacent to an activating group) is 1. The summed E-state index contributed by atoms with van der Waals surface area (Å²) in [6.45, 7) is 4.55. The summed E-state index contributed by atoms with van der Waals surface area (Å²) in [4.78, 5) is 16.7. The molecule has 1 saturated heterocycles. The first-order chi connectivity index (χ1) is 12.7. The zero-order valence-corrected chi connectivity index (χ0v) is 15.0. The molecule has 0 N–H and O–H groups in total. The molecule has 1 fully saturated rings. The summed E-state index contributed by atoms with van der Waals surface area (Å²) >= 11 is 0. The Morgan fingerprint density at radius 2 is 2.08 bits per heavy atom. The van der Waals surface area contributed by atoms with Crippen molar-refractivity contribution in [3.63, 3.8) is 0 Å². The van der Waals surface area contributed by atoms with E-state index in [1.54, 1.807) is 11.2 Å². The Balaban J connectivity index is 1.32. The standard InChI is InChI=1S/C20H24N2O4/c1-21(12-18-10-15-4-2-3-5-19(15)26-18)20(23)16-11-17(25-14-16)13-22-6-8-24-9-7-22/h2-5,11,14,18H,6-10,12-13H2,1H3/t18-/m0/s1. The number of nitrogens with zero attached hydrogens (tertiary/aromatic N) is 2. The Bertz CT molecular complexity index is 742. The van der Waals surface area contributed by atoms with Gasteiger partial charge in [0.15, 0.2) is 0 Å². The van der Waals surface area contributed by atoms with Crippen molar-refractivity contribution in [2.45, 2.75) is 19.1 Å².